The van der Waals surface area contributed by atoms with Crippen LogP contribution in [0.2, 0.25) is 5.02 Å². The Labute approximate surface area is 114 Å². The van der Waals surface area contributed by atoms with E-state index in [0.29, 0.717) is 31.1 Å². The van der Waals surface area contributed by atoms with Crippen LogP contribution in [0.5, 0.6) is 0 Å². The molecule has 0 spiro atoms. The molecule has 2 aromatic heterocycles. The van der Waals surface area contributed by atoms with Crippen LogP contribution in [0.1, 0.15) is 5.76 Å². The fraction of sp³-hybridized carbons (Fsp3) is 0.364. The molecule has 0 atom stereocenters. The van der Waals surface area contributed by atoms with Gasteiger partial charge in [-0.2, -0.15) is 5.10 Å². The van der Waals surface area contributed by atoms with Gasteiger partial charge in [0, 0.05) is 13.2 Å². The summed E-state index contributed by atoms with van der Waals surface area (Å²) >= 11 is 5.99. The van der Waals surface area contributed by atoms with Crippen LogP contribution in [0.25, 0.3) is 0 Å². The van der Waals surface area contributed by atoms with E-state index in [-0.39, 0.29) is 10.6 Å². The number of hydrogen-bond donors (Lipinski definition) is 1. The minimum absolute atomic E-state index is 0.0885. The van der Waals surface area contributed by atoms with Crippen LogP contribution in [0, 0.1) is 0 Å². The number of aromatic nitrogens is 3. The molecule has 0 aliphatic heterocycles. The largest absolute Gasteiger partial charge is 0.383 e. The zero-order valence-corrected chi connectivity index (χ0v) is 11.1. The van der Waals surface area contributed by atoms with Crippen LogP contribution < -0.4 is 10.9 Å². The maximum Gasteiger partial charge on any atom is 0.287 e. The van der Waals surface area contributed by atoms with Gasteiger partial charge < -0.3 is 14.6 Å². The summed E-state index contributed by atoms with van der Waals surface area (Å²) in [7, 11) is 1.56. The van der Waals surface area contributed by atoms with Crippen molar-refractivity contribution in [2.75, 3.05) is 19.0 Å². The molecular weight excluding hydrogens is 272 g/mol. The molecule has 0 aliphatic rings. The molecule has 2 rings (SSSR count). The Morgan fingerprint density at radius 1 is 1.58 bits per heavy atom. The number of hydrogen-bond acceptors (Lipinski definition) is 6. The Hall–Kier alpha value is -1.86. The lowest BCUT2D eigenvalue weighted by Gasteiger charge is -2.08. The number of methoxy groups -OCH3 is 1. The van der Waals surface area contributed by atoms with Gasteiger partial charge in [-0.3, -0.25) is 4.79 Å². The van der Waals surface area contributed by atoms with Gasteiger partial charge in [0.2, 0.25) is 0 Å². The normalized spacial score (nSPS) is 10.6. The van der Waals surface area contributed by atoms with Crippen molar-refractivity contribution >= 4 is 17.3 Å². The highest BCUT2D eigenvalue weighted by molar-refractivity contribution is 6.32. The lowest BCUT2D eigenvalue weighted by molar-refractivity contribution is 0.182. The summed E-state index contributed by atoms with van der Waals surface area (Å²) in [5, 5.41) is 10.6. The van der Waals surface area contributed by atoms with E-state index >= 15 is 0 Å². The average Bonchev–Trinajstić information content (AvgIpc) is 2.92. The molecular formula is C11H13ClN4O3. The third kappa shape index (κ3) is 3.33. The first-order chi connectivity index (χ1) is 9.22. The molecule has 0 aromatic carbocycles. The lowest BCUT2D eigenvalue weighted by atomic mass is 10.4. The van der Waals surface area contributed by atoms with Crippen molar-refractivity contribution in [3.63, 3.8) is 0 Å². The summed E-state index contributed by atoms with van der Waals surface area (Å²) < 4.78 is 11.1. The van der Waals surface area contributed by atoms with Crippen LogP contribution in [0.15, 0.2) is 27.8 Å². The molecule has 0 fully saturated rings. The molecule has 7 nitrogen and oxygen atoms in total. The van der Waals surface area contributed by atoms with Gasteiger partial charge in [-0.25, -0.2) is 4.68 Å². The molecule has 0 saturated heterocycles. The van der Waals surface area contributed by atoms with Gasteiger partial charge >= 0.3 is 0 Å². The summed E-state index contributed by atoms with van der Waals surface area (Å²) in [6.07, 6.45) is 3.04. The topological polar surface area (TPSA) is 82.2 Å². The average molecular weight is 285 g/mol. The quantitative estimate of drug-likeness (QED) is 0.857. The van der Waals surface area contributed by atoms with Gasteiger partial charge in [-0.15, -0.1) is 0 Å². The molecule has 1 N–H and O–H groups in total. The molecule has 2 heterocycles. The molecule has 19 heavy (non-hydrogen) atoms. The Kier molecular flexibility index (Phi) is 4.53. The predicted molar refractivity (Wildman–Crippen MR) is 69.2 cm³/mol. The fourth-order valence-electron chi connectivity index (χ4n) is 1.44. The standard InChI is InChI=1S/C11H13ClN4O3/c1-18-5-4-16-11(17)10(12)9(7-14-16)13-6-8-2-3-15-19-8/h2-3,7,13H,4-6H2,1H3. The van der Waals surface area contributed by atoms with Crippen LogP contribution in [0.4, 0.5) is 5.69 Å². The minimum atomic E-state index is -0.360. The van der Waals surface area contributed by atoms with Crippen LogP contribution in [-0.4, -0.2) is 28.7 Å². The van der Waals surface area contributed by atoms with Gasteiger partial charge in [-0.1, -0.05) is 16.8 Å². The van der Waals surface area contributed by atoms with Crippen LogP contribution in [-0.2, 0) is 17.8 Å². The lowest BCUT2D eigenvalue weighted by Crippen LogP contribution is -2.26. The summed E-state index contributed by atoms with van der Waals surface area (Å²) in [4.78, 5) is 11.9. The second kappa shape index (κ2) is 6.35. The van der Waals surface area contributed by atoms with Gasteiger partial charge in [0.1, 0.15) is 5.02 Å². The Bertz CT molecular complexity index is 582. The van der Waals surface area contributed by atoms with Crippen LogP contribution >= 0.6 is 11.6 Å². The van der Waals surface area contributed by atoms with E-state index in [1.54, 1.807) is 19.4 Å². The first kappa shape index (κ1) is 13.6. The fourth-order valence-corrected chi connectivity index (χ4v) is 1.65. The Morgan fingerprint density at radius 3 is 3.11 bits per heavy atom. The third-order valence-electron chi connectivity index (χ3n) is 2.44. The maximum absolute atomic E-state index is 11.9. The van der Waals surface area contributed by atoms with Crippen molar-refractivity contribution in [1.29, 1.82) is 0 Å². The van der Waals surface area contributed by atoms with Gasteiger partial charge in [0.15, 0.2) is 5.76 Å². The third-order valence-corrected chi connectivity index (χ3v) is 2.80. The first-order valence-electron chi connectivity index (χ1n) is 5.60. The van der Waals surface area contributed by atoms with Crippen molar-refractivity contribution in [1.82, 2.24) is 14.9 Å². The van der Waals surface area contributed by atoms with Crippen molar-refractivity contribution in [2.45, 2.75) is 13.1 Å². The highest BCUT2D eigenvalue weighted by Gasteiger charge is 2.09. The van der Waals surface area contributed by atoms with E-state index in [4.69, 9.17) is 20.9 Å². The zero-order valence-electron chi connectivity index (χ0n) is 10.3. The van der Waals surface area contributed by atoms with Crippen molar-refractivity contribution in [2.24, 2.45) is 0 Å². The molecule has 0 bridgehead atoms. The highest BCUT2D eigenvalue weighted by Crippen LogP contribution is 2.16. The number of anilines is 1. The second-order valence-corrected chi connectivity index (χ2v) is 4.10. The first-order valence-corrected chi connectivity index (χ1v) is 5.98. The van der Waals surface area contributed by atoms with E-state index < -0.39 is 0 Å². The van der Waals surface area contributed by atoms with Crippen molar-refractivity contribution in [3.8, 4) is 0 Å². The Morgan fingerprint density at radius 2 is 2.42 bits per heavy atom. The zero-order chi connectivity index (χ0) is 13.7. The van der Waals surface area contributed by atoms with Gasteiger partial charge in [-0.05, 0) is 0 Å². The minimum Gasteiger partial charge on any atom is -0.383 e. The monoisotopic (exact) mass is 284 g/mol. The predicted octanol–water partition coefficient (Wildman–Crippen LogP) is 1.14. The highest BCUT2D eigenvalue weighted by atomic mass is 35.5. The number of halogens is 1. The van der Waals surface area contributed by atoms with E-state index in [1.165, 1.54) is 10.9 Å². The molecule has 0 aliphatic carbocycles. The molecule has 0 saturated carbocycles. The molecule has 2 aromatic rings. The number of nitrogens with zero attached hydrogens (tertiary/aromatic N) is 3. The summed E-state index contributed by atoms with van der Waals surface area (Å²) in [5.74, 6) is 0.639. The van der Waals surface area contributed by atoms with E-state index in [1.807, 2.05) is 0 Å². The summed E-state index contributed by atoms with van der Waals surface area (Å²) in [6.45, 7) is 1.13. The SMILES string of the molecule is COCCn1ncc(NCc2ccno2)c(Cl)c1=O. The Balaban J connectivity index is 2.09. The second-order valence-electron chi connectivity index (χ2n) is 3.73. The van der Waals surface area contributed by atoms with Crippen LogP contribution in [0.3, 0.4) is 0 Å². The van der Waals surface area contributed by atoms with Gasteiger partial charge in [0.25, 0.3) is 5.56 Å². The van der Waals surface area contributed by atoms with E-state index in [0.717, 1.165) is 0 Å². The molecule has 0 radical (unpaired) electrons. The van der Waals surface area contributed by atoms with Gasteiger partial charge in [0.05, 0.1) is 37.8 Å². The van der Waals surface area contributed by atoms with E-state index in [9.17, 15) is 4.79 Å². The summed E-state index contributed by atoms with van der Waals surface area (Å²) in [5.41, 5.74) is 0.0954. The molecule has 8 heteroatoms. The number of nitrogens with one attached hydrogen (secondary N) is 1. The van der Waals surface area contributed by atoms with Crippen molar-refractivity contribution < 1.29 is 9.26 Å². The number of rotatable bonds is 6. The molecule has 0 unspecified atom stereocenters. The van der Waals surface area contributed by atoms with Crippen molar-refractivity contribution in [3.05, 3.63) is 39.6 Å². The molecule has 0 amide bonds. The van der Waals surface area contributed by atoms with E-state index in [2.05, 4.69) is 15.6 Å². The smallest absolute Gasteiger partial charge is 0.287 e. The summed E-state index contributed by atoms with van der Waals surface area (Å²) in [6, 6.07) is 1.72. The number of ether oxygens (including phenoxy) is 1. The molecule has 102 valence electrons. The maximum atomic E-state index is 11.9.